The third-order valence-electron chi connectivity index (χ3n) is 3.21. The number of rotatable bonds is 2. The van der Waals surface area contributed by atoms with Gasteiger partial charge in [-0.3, -0.25) is 9.59 Å². The molecule has 23 heavy (non-hydrogen) atoms. The number of nitrogens with one attached hydrogen (secondary N) is 1. The van der Waals surface area contributed by atoms with Gasteiger partial charge in [-0.15, -0.1) is 10.2 Å². The van der Waals surface area contributed by atoms with Crippen molar-refractivity contribution < 1.29 is 14.7 Å². The highest BCUT2D eigenvalue weighted by Crippen LogP contribution is 2.28. The summed E-state index contributed by atoms with van der Waals surface area (Å²) in [5, 5.41) is 22.3. The van der Waals surface area contributed by atoms with Gasteiger partial charge in [0.25, 0.3) is 0 Å². The average molecular weight is 312 g/mol. The van der Waals surface area contributed by atoms with Crippen molar-refractivity contribution in [1.29, 1.82) is 0 Å². The lowest BCUT2D eigenvalue weighted by Gasteiger charge is -2.15. The molecule has 0 saturated heterocycles. The second kappa shape index (κ2) is 7.26. The molecule has 0 fully saturated rings. The summed E-state index contributed by atoms with van der Waals surface area (Å²) < 4.78 is 0. The molecule has 3 rings (SSSR count). The van der Waals surface area contributed by atoms with Crippen molar-refractivity contribution in [1.82, 2.24) is 20.6 Å². The molecule has 7 nitrogen and oxygen atoms in total. The van der Waals surface area contributed by atoms with Crippen LogP contribution in [0.3, 0.4) is 0 Å². The van der Waals surface area contributed by atoms with Crippen LogP contribution in [0.25, 0.3) is 5.57 Å². The number of H-pyrrole nitrogens is 1. The second-order valence-corrected chi connectivity index (χ2v) is 4.92. The number of hydrogen-bond acceptors (Lipinski definition) is 6. The molecule has 0 amide bonds. The van der Waals surface area contributed by atoms with Crippen molar-refractivity contribution in [2.45, 2.75) is 20.3 Å². The number of tetrazole rings is 1. The third kappa shape index (κ3) is 4.19. The van der Waals surface area contributed by atoms with Gasteiger partial charge in [-0.2, -0.15) is 5.21 Å². The third-order valence-corrected chi connectivity index (χ3v) is 3.21. The number of carbonyl (C=O) groups is 2. The van der Waals surface area contributed by atoms with Gasteiger partial charge in [-0.05, 0) is 31.1 Å². The number of aromatic nitrogens is 4. The van der Waals surface area contributed by atoms with Crippen LogP contribution in [0.15, 0.2) is 47.7 Å². The van der Waals surface area contributed by atoms with Gasteiger partial charge in [-0.25, -0.2) is 0 Å². The molecule has 0 saturated carbocycles. The highest BCUT2D eigenvalue weighted by molar-refractivity contribution is 6.15. The van der Waals surface area contributed by atoms with E-state index in [0.717, 1.165) is 11.1 Å². The smallest absolute Gasteiger partial charge is 0.220 e. The predicted molar refractivity (Wildman–Crippen MR) is 83.3 cm³/mol. The maximum atomic E-state index is 11.6. The number of Topliss-reactive ketones (excluding diaryl/α,β-unsaturated/α-hetero) is 1. The minimum atomic E-state index is -0.500. The summed E-state index contributed by atoms with van der Waals surface area (Å²) in [5.74, 6) is -0.509. The zero-order chi connectivity index (χ0) is 16.8. The van der Waals surface area contributed by atoms with E-state index in [9.17, 15) is 14.7 Å². The molecular formula is C16H16N4O3. The van der Waals surface area contributed by atoms with Gasteiger partial charge in [0.1, 0.15) is 0 Å². The quantitative estimate of drug-likeness (QED) is 0.877. The molecule has 118 valence electrons. The Kier molecular flexibility index (Phi) is 5.14. The first-order chi connectivity index (χ1) is 11.0. The Labute approximate surface area is 132 Å². The number of ketones is 2. The van der Waals surface area contributed by atoms with E-state index in [1.165, 1.54) is 13.0 Å². The summed E-state index contributed by atoms with van der Waals surface area (Å²) in [6.45, 7) is 3.12. The van der Waals surface area contributed by atoms with Gasteiger partial charge in [-0.1, -0.05) is 35.5 Å². The number of aliphatic hydroxyl groups is 1. The predicted octanol–water partition coefficient (Wildman–Crippen LogP) is 1.95. The first-order valence-electron chi connectivity index (χ1n) is 6.92. The molecule has 0 spiro atoms. The van der Waals surface area contributed by atoms with Crippen molar-refractivity contribution in [3.8, 4) is 0 Å². The molecule has 1 aromatic heterocycles. The number of hydrogen-bond donors (Lipinski definition) is 2. The van der Waals surface area contributed by atoms with Crippen molar-refractivity contribution >= 4 is 17.1 Å². The molecule has 2 aromatic rings. The highest BCUT2D eigenvalue weighted by atomic mass is 16.3. The summed E-state index contributed by atoms with van der Waals surface area (Å²) in [6, 6.07) is 9.37. The van der Waals surface area contributed by atoms with E-state index < -0.39 is 11.5 Å². The van der Waals surface area contributed by atoms with Crippen LogP contribution in [0.2, 0.25) is 0 Å². The monoisotopic (exact) mass is 312 g/mol. The van der Waals surface area contributed by atoms with E-state index in [0.29, 0.717) is 12.2 Å². The molecule has 0 aliphatic heterocycles. The minimum Gasteiger partial charge on any atom is -0.504 e. The van der Waals surface area contributed by atoms with Crippen LogP contribution < -0.4 is 0 Å². The summed E-state index contributed by atoms with van der Waals surface area (Å²) >= 11 is 0. The van der Waals surface area contributed by atoms with E-state index in [2.05, 4.69) is 20.6 Å². The molecule has 1 heterocycles. The highest BCUT2D eigenvalue weighted by Gasteiger charge is 2.23. The van der Waals surface area contributed by atoms with E-state index in [1.807, 2.05) is 30.3 Å². The number of aryl methyl sites for hydroxylation is 1. The van der Waals surface area contributed by atoms with Gasteiger partial charge >= 0.3 is 0 Å². The van der Waals surface area contributed by atoms with Crippen LogP contribution in [-0.2, 0) is 9.59 Å². The lowest BCUT2D eigenvalue weighted by atomic mass is 9.89. The largest absolute Gasteiger partial charge is 0.504 e. The van der Waals surface area contributed by atoms with E-state index >= 15 is 0 Å². The Hall–Kier alpha value is -3.09. The Morgan fingerprint density at radius 3 is 2.43 bits per heavy atom. The average Bonchev–Trinajstić information content (AvgIpc) is 3.02. The molecule has 0 radical (unpaired) electrons. The van der Waals surface area contributed by atoms with Crippen LogP contribution in [-0.4, -0.2) is 37.3 Å². The van der Waals surface area contributed by atoms with Gasteiger partial charge < -0.3 is 5.11 Å². The zero-order valence-electron chi connectivity index (χ0n) is 12.8. The minimum absolute atomic E-state index is 0.191. The lowest BCUT2D eigenvalue weighted by molar-refractivity contribution is -0.117. The molecular weight excluding hydrogens is 296 g/mol. The maximum Gasteiger partial charge on any atom is 0.220 e. The standard InChI is InChI=1S/C14H12O3.C2H4N4/c1-9(15)12-7-11(8-13(16)14(12)17)10-5-3-2-4-6-10;1-2-3-5-6-4-2/h2-6,8,17H,7H2,1H3;1H3,(H,3,4,5,6). The fourth-order valence-corrected chi connectivity index (χ4v) is 2.04. The van der Waals surface area contributed by atoms with Crippen LogP contribution in [0, 0.1) is 6.92 Å². The number of nitrogens with zero attached hydrogens (tertiary/aromatic N) is 3. The fourth-order valence-electron chi connectivity index (χ4n) is 2.04. The molecule has 7 heteroatoms. The normalized spacial score (nSPS) is 14.0. The SMILES string of the molecule is CC(=O)C1=C(O)C(=O)C=C(c2ccccc2)C1.Cc1nn[nH]n1. The van der Waals surface area contributed by atoms with Gasteiger partial charge in [0, 0.05) is 12.0 Å². The topological polar surface area (TPSA) is 109 Å². The number of aromatic amines is 1. The number of aliphatic hydroxyl groups excluding tert-OH is 1. The molecule has 1 aromatic carbocycles. The van der Waals surface area contributed by atoms with Crippen molar-refractivity contribution in [3.05, 3.63) is 59.1 Å². The van der Waals surface area contributed by atoms with Crippen LogP contribution >= 0.6 is 0 Å². The number of benzene rings is 1. The Morgan fingerprint density at radius 2 is 1.96 bits per heavy atom. The lowest BCUT2D eigenvalue weighted by Crippen LogP contribution is -2.14. The summed E-state index contributed by atoms with van der Waals surface area (Å²) in [4.78, 5) is 22.9. The molecule has 2 N–H and O–H groups in total. The Bertz CT molecular complexity index is 762. The first kappa shape index (κ1) is 16.3. The number of allylic oxidation sites excluding steroid dienone is 3. The Balaban J connectivity index is 0.000000268. The Morgan fingerprint density at radius 1 is 1.26 bits per heavy atom. The van der Waals surface area contributed by atoms with Gasteiger partial charge in [0.05, 0.1) is 0 Å². The van der Waals surface area contributed by atoms with Crippen molar-refractivity contribution in [2.75, 3.05) is 0 Å². The van der Waals surface area contributed by atoms with Gasteiger partial charge in [0.2, 0.25) is 5.78 Å². The molecule has 1 aliphatic carbocycles. The molecule has 1 aliphatic rings. The summed E-state index contributed by atoms with van der Waals surface area (Å²) in [5.41, 5.74) is 1.85. The first-order valence-corrected chi connectivity index (χ1v) is 6.92. The molecule has 0 bridgehead atoms. The molecule has 0 atom stereocenters. The van der Waals surface area contributed by atoms with Crippen molar-refractivity contribution in [3.63, 3.8) is 0 Å². The van der Waals surface area contributed by atoms with Crippen LogP contribution in [0.1, 0.15) is 24.7 Å². The van der Waals surface area contributed by atoms with Crippen LogP contribution in [0.4, 0.5) is 0 Å². The van der Waals surface area contributed by atoms with E-state index in [-0.39, 0.29) is 11.4 Å². The maximum absolute atomic E-state index is 11.6. The van der Waals surface area contributed by atoms with Crippen LogP contribution in [0.5, 0.6) is 0 Å². The van der Waals surface area contributed by atoms with Gasteiger partial charge in [0.15, 0.2) is 17.4 Å². The zero-order valence-corrected chi connectivity index (χ0v) is 12.8. The van der Waals surface area contributed by atoms with E-state index in [1.54, 1.807) is 6.92 Å². The number of carbonyl (C=O) groups excluding carboxylic acids is 2. The van der Waals surface area contributed by atoms with E-state index in [4.69, 9.17) is 0 Å². The summed E-state index contributed by atoms with van der Waals surface area (Å²) in [6.07, 6.45) is 1.69. The van der Waals surface area contributed by atoms with Crippen molar-refractivity contribution in [2.24, 2.45) is 0 Å². The second-order valence-electron chi connectivity index (χ2n) is 4.92. The summed E-state index contributed by atoms with van der Waals surface area (Å²) in [7, 11) is 0. The fraction of sp³-hybridized carbons (Fsp3) is 0.188. The molecule has 0 unspecified atom stereocenters.